The zero-order chi connectivity index (χ0) is 15.8. The molecule has 2 aromatic rings. The number of hydrogen-bond acceptors (Lipinski definition) is 5. The summed E-state index contributed by atoms with van der Waals surface area (Å²) in [6.45, 7) is 2.23. The van der Waals surface area contributed by atoms with Crippen molar-refractivity contribution in [2.24, 2.45) is 4.99 Å². The van der Waals surface area contributed by atoms with Crippen LogP contribution in [0.4, 0.5) is 0 Å². The molecule has 1 aromatic carbocycles. The topological polar surface area (TPSA) is 48.7 Å². The van der Waals surface area contributed by atoms with Crippen molar-refractivity contribution in [3.63, 3.8) is 0 Å². The number of aliphatic imine (C=N–C) groups is 1. The Balaban J connectivity index is 1.78. The van der Waals surface area contributed by atoms with Crippen molar-refractivity contribution in [3.8, 4) is 5.75 Å². The number of rotatable bonds is 3. The molecule has 0 aliphatic carbocycles. The monoisotopic (exact) mass is 325 g/mol. The number of pyridine rings is 1. The molecular formula is C18H19N3OS. The van der Waals surface area contributed by atoms with Crippen LogP contribution in [0.1, 0.15) is 36.7 Å². The molecule has 1 aromatic heterocycles. The fourth-order valence-corrected chi connectivity index (χ4v) is 4.72. The Kier molecular flexibility index (Phi) is 3.73. The Morgan fingerprint density at radius 3 is 2.74 bits per heavy atom. The fraction of sp³-hybridized carbons (Fsp3) is 0.333. The van der Waals surface area contributed by atoms with Gasteiger partial charge in [0.15, 0.2) is 5.17 Å². The molecule has 0 spiro atoms. The summed E-state index contributed by atoms with van der Waals surface area (Å²) in [4.78, 5) is 12.0. The van der Waals surface area contributed by atoms with E-state index < -0.39 is 0 Å². The highest BCUT2D eigenvalue weighted by Gasteiger charge is 2.45. The normalized spacial score (nSPS) is 26.2. The Bertz CT molecular complexity index is 717. The SMILES string of the molecule is CC[C@@H]1CSC2=N[C@H](c3ccccn3)[C@@H](c3ccc(O)cc3)N21. The third-order valence-corrected chi connectivity index (χ3v) is 5.69. The van der Waals surface area contributed by atoms with Gasteiger partial charge in [0, 0.05) is 18.0 Å². The molecule has 4 nitrogen and oxygen atoms in total. The molecule has 0 bridgehead atoms. The molecule has 0 saturated carbocycles. The van der Waals surface area contributed by atoms with Crippen molar-refractivity contribution in [2.75, 3.05) is 5.75 Å². The van der Waals surface area contributed by atoms with E-state index in [1.54, 1.807) is 12.1 Å². The highest BCUT2D eigenvalue weighted by molar-refractivity contribution is 8.14. The van der Waals surface area contributed by atoms with Crippen LogP contribution in [0, 0.1) is 0 Å². The van der Waals surface area contributed by atoms with Gasteiger partial charge in [0.05, 0.1) is 11.7 Å². The predicted octanol–water partition coefficient (Wildman–Crippen LogP) is 3.77. The van der Waals surface area contributed by atoms with E-state index in [9.17, 15) is 5.11 Å². The summed E-state index contributed by atoms with van der Waals surface area (Å²) in [5.74, 6) is 1.39. The maximum absolute atomic E-state index is 9.61. The number of benzene rings is 1. The second-order valence-electron chi connectivity index (χ2n) is 5.93. The van der Waals surface area contributed by atoms with Gasteiger partial charge in [0.25, 0.3) is 0 Å². The standard InChI is InChI=1S/C18H19N3OS/c1-2-13-11-23-18-20-16(15-5-3-4-10-19-15)17(21(13)18)12-6-8-14(22)9-7-12/h3-10,13,16-17,22H,2,11H2,1H3/t13-,16-,17-/m1/s1. The van der Waals surface area contributed by atoms with Crippen LogP contribution in [-0.2, 0) is 0 Å². The quantitative estimate of drug-likeness (QED) is 0.933. The first-order chi connectivity index (χ1) is 11.3. The number of nitrogens with zero attached hydrogens (tertiary/aromatic N) is 3. The van der Waals surface area contributed by atoms with Gasteiger partial charge in [-0.15, -0.1) is 0 Å². The van der Waals surface area contributed by atoms with E-state index in [0.29, 0.717) is 11.8 Å². The lowest BCUT2D eigenvalue weighted by Crippen LogP contribution is -2.35. The number of aromatic hydroxyl groups is 1. The summed E-state index contributed by atoms with van der Waals surface area (Å²) in [6.07, 6.45) is 2.94. The minimum atomic E-state index is 0.0117. The summed E-state index contributed by atoms with van der Waals surface area (Å²) >= 11 is 1.84. The van der Waals surface area contributed by atoms with E-state index in [1.165, 1.54) is 5.56 Å². The first kappa shape index (κ1) is 14.6. The Morgan fingerprint density at radius 2 is 2.04 bits per heavy atom. The average Bonchev–Trinajstić information content (AvgIpc) is 3.15. The van der Waals surface area contributed by atoms with Crippen molar-refractivity contribution in [1.82, 2.24) is 9.88 Å². The lowest BCUT2D eigenvalue weighted by Gasteiger charge is -2.31. The summed E-state index contributed by atoms with van der Waals surface area (Å²) in [5.41, 5.74) is 2.18. The molecule has 2 aliphatic rings. The number of phenolic OH excluding ortho intramolecular Hbond substituents is 1. The Morgan fingerprint density at radius 1 is 1.22 bits per heavy atom. The van der Waals surface area contributed by atoms with Gasteiger partial charge < -0.3 is 10.0 Å². The van der Waals surface area contributed by atoms with E-state index in [-0.39, 0.29) is 12.1 Å². The van der Waals surface area contributed by atoms with Crippen LogP contribution in [0.3, 0.4) is 0 Å². The Hall–Kier alpha value is -2.01. The van der Waals surface area contributed by atoms with E-state index in [4.69, 9.17) is 4.99 Å². The van der Waals surface area contributed by atoms with E-state index in [0.717, 1.165) is 23.0 Å². The average molecular weight is 325 g/mol. The maximum atomic E-state index is 9.61. The lowest BCUT2D eigenvalue weighted by atomic mass is 9.95. The number of aromatic nitrogens is 1. The molecule has 2 aliphatic heterocycles. The number of amidine groups is 1. The van der Waals surface area contributed by atoms with Crippen LogP contribution in [-0.4, -0.2) is 32.0 Å². The third-order valence-electron chi connectivity index (χ3n) is 4.56. The van der Waals surface area contributed by atoms with Crippen LogP contribution >= 0.6 is 11.8 Å². The van der Waals surface area contributed by atoms with Crippen molar-refractivity contribution in [2.45, 2.75) is 31.5 Å². The third kappa shape index (κ3) is 2.49. The van der Waals surface area contributed by atoms with Crippen LogP contribution in [0.15, 0.2) is 53.7 Å². The first-order valence-electron chi connectivity index (χ1n) is 7.96. The number of thioether (sulfide) groups is 1. The van der Waals surface area contributed by atoms with Gasteiger partial charge in [0.1, 0.15) is 11.8 Å². The minimum Gasteiger partial charge on any atom is -0.508 e. The highest BCUT2D eigenvalue weighted by atomic mass is 32.2. The number of fused-ring (bicyclic) bond motifs is 1. The molecule has 0 radical (unpaired) electrons. The van der Waals surface area contributed by atoms with Gasteiger partial charge in [-0.2, -0.15) is 0 Å². The fourth-order valence-electron chi connectivity index (χ4n) is 3.38. The molecule has 1 saturated heterocycles. The van der Waals surface area contributed by atoms with E-state index in [1.807, 2.05) is 42.2 Å². The van der Waals surface area contributed by atoms with Gasteiger partial charge >= 0.3 is 0 Å². The second kappa shape index (κ2) is 5.89. The summed E-state index contributed by atoms with van der Waals surface area (Å²) in [5, 5.41) is 10.7. The van der Waals surface area contributed by atoms with Gasteiger partial charge in [0.2, 0.25) is 0 Å². The van der Waals surface area contributed by atoms with E-state index >= 15 is 0 Å². The largest absolute Gasteiger partial charge is 0.508 e. The summed E-state index contributed by atoms with van der Waals surface area (Å²) < 4.78 is 0. The van der Waals surface area contributed by atoms with Crippen molar-refractivity contribution >= 4 is 16.9 Å². The van der Waals surface area contributed by atoms with Gasteiger partial charge in [-0.05, 0) is 36.2 Å². The van der Waals surface area contributed by atoms with Crippen LogP contribution in [0.2, 0.25) is 0 Å². The molecule has 118 valence electrons. The van der Waals surface area contributed by atoms with E-state index in [2.05, 4.69) is 22.9 Å². The summed E-state index contributed by atoms with van der Waals surface area (Å²) in [6, 6.07) is 14.2. The smallest absolute Gasteiger partial charge is 0.160 e. The summed E-state index contributed by atoms with van der Waals surface area (Å²) in [7, 11) is 0. The predicted molar refractivity (Wildman–Crippen MR) is 93.6 cm³/mol. The molecule has 3 atom stereocenters. The zero-order valence-electron chi connectivity index (χ0n) is 13.0. The molecule has 23 heavy (non-hydrogen) atoms. The highest BCUT2D eigenvalue weighted by Crippen LogP contribution is 2.48. The van der Waals surface area contributed by atoms with Crippen molar-refractivity contribution in [3.05, 3.63) is 59.9 Å². The molecule has 0 unspecified atom stereocenters. The number of phenols is 1. The first-order valence-corrected chi connectivity index (χ1v) is 8.95. The van der Waals surface area contributed by atoms with Crippen LogP contribution in [0.25, 0.3) is 0 Å². The zero-order valence-corrected chi connectivity index (χ0v) is 13.8. The molecule has 4 rings (SSSR count). The van der Waals surface area contributed by atoms with Gasteiger partial charge in [-0.1, -0.05) is 36.9 Å². The van der Waals surface area contributed by atoms with Crippen molar-refractivity contribution < 1.29 is 5.11 Å². The van der Waals surface area contributed by atoms with Crippen LogP contribution < -0.4 is 0 Å². The Labute approximate surface area is 140 Å². The molecule has 1 N–H and O–H groups in total. The molecule has 3 heterocycles. The molecule has 1 fully saturated rings. The molecular weight excluding hydrogens is 306 g/mol. The van der Waals surface area contributed by atoms with Gasteiger partial charge in [-0.25, -0.2) is 0 Å². The van der Waals surface area contributed by atoms with Crippen molar-refractivity contribution in [1.29, 1.82) is 0 Å². The second-order valence-corrected chi connectivity index (χ2v) is 6.91. The minimum absolute atomic E-state index is 0.0117. The van der Waals surface area contributed by atoms with Gasteiger partial charge in [-0.3, -0.25) is 9.98 Å². The maximum Gasteiger partial charge on any atom is 0.160 e. The lowest BCUT2D eigenvalue weighted by molar-refractivity contribution is 0.255. The molecule has 0 amide bonds. The molecule has 5 heteroatoms. The van der Waals surface area contributed by atoms with Crippen LogP contribution in [0.5, 0.6) is 5.75 Å². The number of hydrogen-bond donors (Lipinski definition) is 1.